The van der Waals surface area contributed by atoms with Crippen molar-refractivity contribution in [1.82, 2.24) is 0 Å². The number of carbonyl (C=O) groups is 1. The number of rotatable bonds is 5. The minimum Gasteiger partial charge on any atom is -0.299 e. The molecule has 0 bridgehead atoms. The number of Topliss-reactive ketones (excluding diaryl/α,β-unsaturated/α-hetero) is 1. The van der Waals surface area contributed by atoms with Crippen LogP contribution in [0.1, 0.15) is 119 Å². The van der Waals surface area contributed by atoms with Crippen molar-refractivity contribution in [3.05, 3.63) is 12.2 Å². The van der Waals surface area contributed by atoms with E-state index in [1.54, 1.807) is 0 Å². The predicted molar refractivity (Wildman–Crippen MR) is 134 cm³/mol. The van der Waals surface area contributed by atoms with Gasteiger partial charge in [0.05, 0.1) is 0 Å². The van der Waals surface area contributed by atoms with Crippen LogP contribution in [0.4, 0.5) is 0 Å². The fraction of sp³-hybridized carbons (Fsp3) is 0.903. The zero-order chi connectivity index (χ0) is 23.3. The largest absolute Gasteiger partial charge is 0.299 e. The molecule has 0 heterocycles. The van der Waals surface area contributed by atoms with E-state index in [0.717, 1.165) is 24.2 Å². The Kier molecular flexibility index (Phi) is 5.05. The molecule has 8 atom stereocenters. The summed E-state index contributed by atoms with van der Waals surface area (Å²) in [6.07, 6.45) is 14.5. The van der Waals surface area contributed by atoms with Crippen LogP contribution >= 0.6 is 0 Å². The number of allylic oxidation sites excluding steroid dienone is 1. The molecule has 5 aliphatic rings. The summed E-state index contributed by atoms with van der Waals surface area (Å²) < 4.78 is 0. The maximum absolute atomic E-state index is 12.8. The predicted octanol–water partition coefficient (Wildman–Crippen LogP) is 8.62. The SMILES string of the molecule is C=C(CC[C@@H](C)[C@H]1CC[C@@]2(C)[C@@H]3CC[C@H]4C(C)(C)C(=O)CC[C@@]45C[C@]35CC[C@]12C)C(C)C. The van der Waals surface area contributed by atoms with Crippen LogP contribution in [0.25, 0.3) is 0 Å². The quantitative estimate of drug-likeness (QED) is 0.393. The van der Waals surface area contributed by atoms with Gasteiger partial charge in [0.1, 0.15) is 5.78 Å². The fourth-order valence-electron chi connectivity index (χ4n) is 11.0. The summed E-state index contributed by atoms with van der Waals surface area (Å²) in [6, 6.07) is 0. The minimum absolute atomic E-state index is 0.0834. The van der Waals surface area contributed by atoms with Gasteiger partial charge in [-0.25, -0.2) is 0 Å². The first-order valence-corrected chi connectivity index (χ1v) is 14.1. The highest BCUT2D eigenvalue weighted by molar-refractivity contribution is 5.86. The molecule has 0 unspecified atom stereocenters. The summed E-state index contributed by atoms with van der Waals surface area (Å²) in [7, 11) is 0. The number of hydrogen-bond donors (Lipinski definition) is 0. The van der Waals surface area contributed by atoms with Crippen molar-refractivity contribution in [2.24, 2.45) is 56.7 Å². The van der Waals surface area contributed by atoms with E-state index in [1.165, 1.54) is 69.8 Å². The first kappa shape index (κ1) is 23.2. The van der Waals surface area contributed by atoms with Gasteiger partial charge >= 0.3 is 0 Å². The van der Waals surface area contributed by atoms with E-state index in [4.69, 9.17) is 0 Å². The molecule has 0 aliphatic heterocycles. The molecule has 0 amide bonds. The van der Waals surface area contributed by atoms with Crippen LogP contribution in [0, 0.1) is 56.7 Å². The van der Waals surface area contributed by atoms with Crippen LogP contribution < -0.4 is 0 Å². The number of ketones is 1. The first-order chi connectivity index (χ1) is 14.9. The molecular weight excluding hydrogens is 388 g/mol. The topological polar surface area (TPSA) is 17.1 Å². The van der Waals surface area contributed by atoms with Gasteiger partial charge in [0.25, 0.3) is 0 Å². The third-order valence-electron chi connectivity index (χ3n) is 13.3. The average Bonchev–Trinajstić information content (AvgIpc) is 3.31. The van der Waals surface area contributed by atoms with E-state index in [9.17, 15) is 4.79 Å². The van der Waals surface area contributed by atoms with Crippen molar-refractivity contribution in [2.75, 3.05) is 0 Å². The highest BCUT2D eigenvalue weighted by atomic mass is 16.1. The second-order valence-corrected chi connectivity index (χ2v) is 14.6. The van der Waals surface area contributed by atoms with E-state index in [2.05, 4.69) is 55.0 Å². The van der Waals surface area contributed by atoms with Crippen molar-refractivity contribution in [3.63, 3.8) is 0 Å². The summed E-state index contributed by atoms with van der Waals surface area (Å²) in [5.41, 5.74) is 3.44. The molecule has 1 nitrogen and oxygen atoms in total. The molecule has 0 aromatic rings. The summed E-state index contributed by atoms with van der Waals surface area (Å²) in [5.74, 6) is 4.41. The van der Waals surface area contributed by atoms with E-state index in [-0.39, 0.29) is 5.41 Å². The maximum atomic E-state index is 12.8. The van der Waals surface area contributed by atoms with Gasteiger partial charge in [0, 0.05) is 11.8 Å². The van der Waals surface area contributed by atoms with Crippen molar-refractivity contribution < 1.29 is 4.79 Å². The summed E-state index contributed by atoms with van der Waals surface area (Å²) in [5, 5.41) is 0. The second kappa shape index (κ2) is 6.97. The van der Waals surface area contributed by atoms with Crippen LogP contribution in [0.15, 0.2) is 12.2 Å². The lowest BCUT2D eigenvalue weighted by molar-refractivity contribution is -0.157. The van der Waals surface area contributed by atoms with Crippen molar-refractivity contribution in [3.8, 4) is 0 Å². The Morgan fingerprint density at radius 1 is 0.906 bits per heavy atom. The van der Waals surface area contributed by atoms with Crippen LogP contribution in [0.3, 0.4) is 0 Å². The average molecular weight is 439 g/mol. The van der Waals surface area contributed by atoms with Crippen LogP contribution in [-0.4, -0.2) is 5.78 Å². The molecule has 0 aromatic heterocycles. The highest BCUT2D eigenvalue weighted by Crippen LogP contribution is 2.88. The summed E-state index contributed by atoms with van der Waals surface area (Å²) in [6.45, 7) is 21.5. The Balaban J connectivity index is 1.39. The standard InChI is InChI=1S/C31H50O/c1-20(2)21(3)9-10-22(4)23-13-15-29(8)25-12-11-24-27(5,6)26(32)14-16-30(24)19-31(25,30)18-17-28(23,29)7/h20,22-25H,3,9-19H2,1-2,4-8H3/t22-,23-,24+,25+,28-,29+,30-,31-/m1/s1. The Morgan fingerprint density at radius 2 is 1.56 bits per heavy atom. The van der Waals surface area contributed by atoms with Crippen molar-refractivity contribution >= 4 is 5.78 Å². The Hall–Kier alpha value is -0.590. The zero-order valence-corrected chi connectivity index (χ0v) is 22.3. The molecule has 0 radical (unpaired) electrons. The normalized spacial score (nSPS) is 49.6. The van der Waals surface area contributed by atoms with Gasteiger partial charge in [-0.15, -0.1) is 0 Å². The molecule has 5 saturated carbocycles. The smallest absolute Gasteiger partial charge is 0.138 e. The number of carbonyl (C=O) groups excluding carboxylic acids is 1. The second-order valence-electron chi connectivity index (χ2n) is 14.6. The van der Waals surface area contributed by atoms with Gasteiger partial charge < -0.3 is 0 Å². The lowest BCUT2D eigenvalue weighted by Gasteiger charge is -2.62. The van der Waals surface area contributed by atoms with Crippen LogP contribution in [0.2, 0.25) is 0 Å². The molecule has 1 heteroatoms. The monoisotopic (exact) mass is 438 g/mol. The molecule has 2 spiro atoms. The van der Waals surface area contributed by atoms with Gasteiger partial charge in [0.15, 0.2) is 0 Å². The third-order valence-corrected chi connectivity index (χ3v) is 13.3. The molecule has 0 saturated heterocycles. The van der Waals surface area contributed by atoms with Crippen molar-refractivity contribution in [1.29, 1.82) is 0 Å². The summed E-state index contributed by atoms with van der Waals surface area (Å²) >= 11 is 0. The van der Waals surface area contributed by atoms with Crippen LogP contribution in [0.5, 0.6) is 0 Å². The first-order valence-electron chi connectivity index (χ1n) is 14.1. The Morgan fingerprint density at radius 3 is 2.25 bits per heavy atom. The van der Waals surface area contributed by atoms with Crippen LogP contribution in [-0.2, 0) is 4.79 Å². The summed E-state index contributed by atoms with van der Waals surface area (Å²) in [4.78, 5) is 12.8. The minimum atomic E-state index is -0.0834. The third kappa shape index (κ3) is 2.66. The van der Waals surface area contributed by atoms with Gasteiger partial charge in [-0.1, -0.05) is 60.6 Å². The van der Waals surface area contributed by atoms with Gasteiger partial charge in [-0.3, -0.25) is 4.79 Å². The molecule has 0 aromatic carbocycles. The molecule has 5 aliphatic carbocycles. The lowest BCUT2D eigenvalue weighted by Crippen LogP contribution is -2.57. The van der Waals surface area contributed by atoms with Crippen molar-refractivity contribution in [2.45, 2.75) is 119 Å². The Labute approximate surface area is 198 Å². The molecular formula is C31H50O. The number of hydrogen-bond acceptors (Lipinski definition) is 1. The van der Waals surface area contributed by atoms with Gasteiger partial charge in [-0.05, 0) is 115 Å². The molecule has 180 valence electrons. The molecule has 5 fully saturated rings. The molecule has 32 heavy (non-hydrogen) atoms. The van der Waals surface area contributed by atoms with E-state index in [0.29, 0.717) is 39.3 Å². The molecule has 5 rings (SSSR count). The van der Waals surface area contributed by atoms with E-state index >= 15 is 0 Å². The highest BCUT2D eigenvalue weighted by Gasteiger charge is 2.82. The van der Waals surface area contributed by atoms with E-state index < -0.39 is 0 Å². The Bertz CT molecular complexity index is 820. The van der Waals surface area contributed by atoms with Gasteiger partial charge in [0.2, 0.25) is 0 Å². The lowest BCUT2D eigenvalue weighted by atomic mass is 9.42. The number of fused-ring (bicyclic) bond motifs is 2. The molecule has 0 N–H and O–H groups in total. The fourth-order valence-corrected chi connectivity index (χ4v) is 11.0. The maximum Gasteiger partial charge on any atom is 0.138 e. The zero-order valence-electron chi connectivity index (χ0n) is 22.3. The van der Waals surface area contributed by atoms with Gasteiger partial charge in [-0.2, -0.15) is 0 Å². The van der Waals surface area contributed by atoms with E-state index in [1.807, 2.05) is 0 Å².